The maximum absolute atomic E-state index is 12.3. The summed E-state index contributed by atoms with van der Waals surface area (Å²) in [5.74, 6) is -0.239. The van der Waals surface area contributed by atoms with E-state index in [1.165, 1.54) is 6.07 Å². The zero-order chi connectivity index (χ0) is 19.6. The first-order valence-electron chi connectivity index (χ1n) is 8.17. The summed E-state index contributed by atoms with van der Waals surface area (Å²) in [7, 11) is -3.84. The molecule has 0 aliphatic heterocycles. The Morgan fingerprint density at radius 3 is 2.44 bits per heavy atom. The average molecular weight is 402 g/mol. The first-order chi connectivity index (χ1) is 12.7. The van der Waals surface area contributed by atoms with Gasteiger partial charge in [-0.25, -0.2) is 18.5 Å². The van der Waals surface area contributed by atoms with Crippen LogP contribution in [0, 0.1) is 13.8 Å². The van der Waals surface area contributed by atoms with Gasteiger partial charge in [0.2, 0.25) is 15.9 Å². The minimum Gasteiger partial charge on any atom is -0.326 e. The van der Waals surface area contributed by atoms with Crippen molar-refractivity contribution < 1.29 is 13.2 Å². The lowest BCUT2D eigenvalue weighted by Crippen LogP contribution is -2.17. The Morgan fingerprint density at radius 1 is 1.15 bits per heavy atom. The number of nitrogens with two attached hydrogens (primary N) is 1. The van der Waals surface area contributed by atoms with Gasteiger partial charge in [-0.1, -0.05) is 30.3 Å². The normalized spacial score (nSPS) is 11.4. The molecule has 0 saturated heterocycles. The van der Waals surface area contributed by atoms with Crippen molar-refractivity contribution in [2.45, 2.75) is 25.2 Å². The van der Waals surface area contributed by atoms with E-state index in [-0.39, 0.29) is 17.2 Å². The van der Waals surface area contributed by atoms with Crippen LogP contribution in [-0.4, -0.2) is 19.3 Å². The van der Waals surface area contributed by atoms with Crippen molar-refractivity contribution in [2.24, 2.45) is 5.14 Å². The van der Waals surface area contributed by atoms with Gasteiger partial charge >= 0.3 is 0 Å². The maximum atomic E-state index is 12.3. The summed E-state index contributed by atoms with van der Waals surface area (Å²) in [5.41, 5.74) is 3.69. The van der Waals surface area contributed by atoms with E-state index in [0.717, 1.165) is 21.8 Å². The Labute approximate surface area is 162 Å². The number of nitrogens with zero attached hydrogens (tertiary/aromatic N) is 1. The van der Waals surface area contributed by atoms with Gasteiger partial charge in [-0.05, 0) is 37.1 Å². The summed E-state index contributed by atoms with van der Waals surface area (Å²) in [6.07, 6.45) is 0.176. The van der Waals surface area contributed by atoms with Crippen molar-refractivity contribution in [1.82, 2.24) is 4.98 Å². The van der Waals surface area contributed by atoms with Crippen molar-refractivity contribution in [3.8, 4) is 11.3 Å². The summed E-state index contributed by atoms with van der Waals surface area (Å²) < 4.78 is 23.2. The molecule has 3 rings (SSSR count). The number of benzene rings is 2. The summed E-state index contributed by atoms with van der Waals surface area (Å²) in [4.78, 5) is 16.7. The SMILES string of the molecule is Cc1nc(-c2ccc(CC(=O)Nc3ccc(C)c(S(N)(=O)=O)c3)cc2)cs1. The van der Waals surface area contributed by atoms with Crippen molar-refractivity contribution in [1.29, 1.82) is 0 Å². The molecule has 3 N–H and O–H groups in total. The van der Waals surface area contributed by atoms with Gasteiger partial charge in [0, 0.05) is 16.6 Å². The van der Waals surface area contributed by atoms with Crippen molar-refractivity contribution in [3.63, 3.8) is 0 Å². The van der Waals surface area contributed by atoms with Gasteiger partial charge in [-0.2, -0.15) is 0 Å². The smallest absolute Gasteiger partial charge is 0.238 e. The Hall–Kier alpha value is -2.55. The van der Waals surface area contributed by atoms with Crippen molar-refractivity contribution in [2.75, 3.05) is 5.32 Å². The van der Waals surface area contributed by atoms with E-state index in [9.17, 15) is 13.2 Å². The molecule has 140 valence electrons. The molecule has 3 aromatic rings. The number of sulfonamides is 1. The molecule has 0 aliphatic carbocycles. The van der Waals surface area contributed by atoms with Gasteiger partial charge in [-0.3, -0.25) is 4.79 Å². The molecule has 0 fully saturated rings. The number of hydrogen-bond donors (Lipinski definition) is 2. The van der Waals surface area contributed by atoms with E-state index in [0.29, 0.717) is 11.3 Å². The quantitative estimate of drug-likeness (QED) is 0.685. The topological polar surface area (TPSA) is 102 Å². The summed E-state index contributed by atoms with van der Waals surface area (Å²) in [5, 5.41) is 10.9. The Bertz CT molecular complexity index is 1090. The van der Waals surface area contributed by atoms with Crippen LogP contribution in [0.1, 0.15) is 16.1 Å². The lowest BCUT2D eigenvalue weighted by molar-refractivity contribution is -0.115. The monoisotopic (exact) mass is 401 g/mol. The number of nitrogens with one attached hydrogen (secondary N) is 1. The molecule has 1 aromatic heterocycles. The molecule has 6 nitrogen and oxygen atoms in total. The number of carbonyl (C=O) groups is 1. The molecular formula is C19H19N3O3S2. The first kappa shape index (κ1) is 19.2. The molecule has 0 radical (unpaired) electrons. The van der Waals surface area contributed by atoms with Gasteiger partial charge in [0.05, 0.1) is 22.0 Å². The van der Waals surface area contributed by atoms with Gasteiger partial charge in [0.1, 0.15) is 0 Å². The molecule has 1 heterocycles. The van der Waals surface area contributed by atoms with Gasteiger partial charge in [-0.15, -0.1) is 11.3 Å². The minimum absolute atomic E-state index is 0.00297. The molecule has 8 heteroatoms. The zero-order valence-electron chi connectivity index (χ0n) is 14.9. The van der Waals surface area contributed by atoms with Crippen molar-refractivity contribution in [3.05, 3.63) is 64.0 Å². The van der Waals surface area contributed by atoms with Crippen LogP contribution >= 0.6 is 11.3 Å². The molecule has 0 spiro atoms. The van der Waals surface area contributed by atoms with E-state index in [1.54, 1.807) is 30.4 Å². The molecule has 0 aliphatic rings. The molecular weight excluding hydrogens is 382 g/mol. The van der Waals surface area contributed by atoms with E-state index in [2.05, 4.69) is 10.3 Å². The van der Waals surface area contributed by atoms with E-state index >= 15 is 0 Å². The summed E-state index contributed by atoms with van der Waals surface area (Å²) >= 11 is 1.59. The molecule has 0 unspecified atom stereocenters. The van der Waals surface area contributed by atoms with Crippen molar-refractivity contribution >= 4 is 33.0 Å². The van der Waals surface area contributed by atoms with Crippen LogP contribution in [0.25, 0.3) is 11.3 Å². The second-order valence-electron chi connectivity index (χ2n) is 6.20. The highest BCUT2D eigenvalue weighted by Crippen LogP contribution is 2.22. The van der Waals surface area contributed by atoms with Gasteiger partial charge in [0.15, 0.2) is 0 Å². The Balaban J connectivity index is 1.69. The lowest BCUT2D eigenvalue weighted by Gasteiger charge is -2.09. The third-order valence-corrected chi connectivity index (χ3v) is 5.84. The van der Waals surface area contributed by atoms with Crippen LogP contribution in [0.15, 0.2) is 52.7 Å². The first-order valence-corrected chi connectivity index (χ1v) is 10.6. The van der Waals surface area contributed by atoms with Crippen LogP contribution in [0.3, 0.4) is 0 Å². The highest BCUT2D eigenvalue weighted by atomic mass is 32.2. The number of rotatable bonds is 5. The summed E-state index contributed by atoms with van der Waals surface area (Å²) in [6.45, 7) is 3.61. The van der Waals surface area contributed by atoms with Crippen LogP contribution in [0.2, 0.25) is 0 Å². The Morgan fingerprint density at radius 2 is 1.85 bits per heavy atom. The highest BCUT2D eigenvalue weighted by molar-refractivity contribution is 7.89. The number of amides is 1. The number of aryl methyl sites for hydroxylation is 2. The largest absolute Gasteiger partial charge is 0.326 e. The number of anilines is 1. The zero-order valence-corrected chi connectivity index (χ0v) is 16.5. The lowest BCUT2D eigenvalue weighted by atomic mass is 10.1. The number of primary sulfonamides is 1. The highest BCUT2D eigenvalue weighted by Gasteiger charge is 2.13. The molecule has 27 heavy (non-hydrogen) atoms. The van der Waals surface area contributed by atoms with Gasteiger partial charge in [0.25, 0.3) is 0 Å². The fraction of sp³-hybridized carbons (Fsp3) is 0.158. The minimum atomic E-state index is -3.84. The molecule has 1 amide bonds. The molecule has 2 aromatic carbocycles. The maximum Gasteiger partial charge on any atom is 0.238 e. The van der Waals surface area contributed by atoms with E-state index in [4.69, 9.17) is 5.14 Å². The summed E-state index contributed by atoms with van der Waals surface area (Å²) in [6, 6.07) is 12.3. The van der Waals surface area contributed by atoms with Gasteiger partial charge < -0.3 is 5.32 Å². The number of hydrogen-bond acceptors (Lipinski definition) is 5. The van der Waals surface area contributed by atoms with Crippen LogP contribution in [0.4, 0.5) is 5.69 Å². The number of thiazole rings is 1. The van der Waals surface area contributed by atoms with Crippen LogP contribution in [-0.2, 0) is 21.2 Å². The fourth-order valence-electron chi connectivity index (χ4n) is 2.66. The molecule has 0 bridgehead atoms. The van der Waals surface area contributed by atoms with Crippen LogP contribution in [0.5, 0.6) is 0 Å². The molecule has 0 atom stereocenters. The second kappa shape index (κ2) is 7.59. The average Bonchev–Trinajstić information content (AvgIpc) is 3.03. The third kappa shape index (κ3) is 4.79. The fourth-order valence-corrected chi connectivity index (χ4v) is 4.09. The Kier molecular flexibility index (Phi) is 5.41. The predicted octanol–water partition coefficient (Wildman–Crippen LogP) is 3.26. The van der Waals surface area contributed by atoms with E-state index in [1.807, 2.05) is 36.6 Å². The standard InChI is InChI=1S/C19H19N3O3S2/c1-12-3-8-16(10-18(12)27(20,24)25)22-19(23)9-14-4-6-15(7-5-14)17-11-26-13(2)21-17/h3-8,10-11H,9H2,1-2H3,(H,22,23)(H2,20,24,25). The van der Waals surface area contributed by atoms with Crippen LogP contribution < -0.4 is 10.5 Å². The number of aromatic nitrogens is 1. The second-order valence-corrected chi connectivity index (χ2v) is 8.79. The third-order valence-electron chi connectivity index (χ3n) is 4.01. The van der Waals surface area contributed by atoms with E-state index < -0.39 is 10.0 Å². The predicted molar refractivity (Wildman–Crippen MR) is 107 cm³/mol. The molecule has 0 saturated carbocycles. The number of carbonyl (C=O) groups excluding carboxylic acids is 1.